The van der Waals surface area contributed by atoms with Gasteiger partial charge in [0, 0.05) is 18.8 Å². The first-order chi connectivity index (χ1) is 14.2. The molecule has 4 rings (SSSR count). The average molecular weight is 431 g/mol. The first-order valence-electron chi connectivity index (χ1n) is 9.13. The van der Waals surface area contributed by atoms with Crippen molar-refractivity contribution in [1.29, 1.82) is 0 Å². The molecule has 9 heteroatoms. The molecule has 1 saturated heterocycles. The van der Waals surface area contributed by atoms with Gasteiger partial charge in [-0.05, 0) is 23.8 Å². The Labute approximate surface area is 176 Å². The predicted octanol–water partition coefficient (Wildman–Crippen LogP) is 4.11. The highest BCUT2D eigenvalue weighted by Gasteiger charge is 2.29. The summed E-state index contributed by atoms with van der Waals surface area (Å²) in [4.78, 5) is 15.0. The van der Waals surface area contributed by atoms with Crippen molar-refractivity contribution < 1.29 is 13.9 Å². The van der Waals surface area contributed by atoms with Crippen LogP contribution in [-0.4, -0.2) is 47.3 Å². The number of ether oxygens (including phenoxy) is 1. The number of thioether (sulfide) groups is 1. The molecule has 0 aliphatic carbocycles. The number of carbonyl (C=O) groups is 1. The second-order valence-corrected chi connectivity index (χ2v) is 8.68. The molecular formula is C20H19FN4O2S2. The molecular weight excluding hydrogens is 411 g/mol. The van der Waals surface area contributed by atoms with Crippen molar-refractivity contribution in [1.82, 2.24) is 15.1 Å². The van der Waals surface area contributed by atoms with Gasteiger partial charge in [-0.3, -0.25) is 4.79 Å². The molecule has 1 atom stereocenters. The fourth-order valence-electron chi connectivity index (χ4n) is 2.94. The lowest BCUT2D eigenvalue weighted by Crippen LogP contribution is -2.42. The lowest BCUT2D eigenvalue weighted by molar-refractivity contribution is -0.134. The van der Waals surface area contributed by atoms with Crippen molar-refractivity contribution in [3.8, 4) is 0 Å². The second-order valence-electron chi connectivity index (χ2n) is 6.35. The molecule has 0 bridgehead atoms. The van der Waals surface area contributed by atoms with Crippen LogP contribution in [0.2, 0.25) is 0 Å². The number of nitrogens with one attached hydrogen (secondary N) is 1. The zero-order chi connectivity index (χ0) is 20.1. The maximum absolute atomic E-state index is 13.4. The molecule has 2 heterocycles. The molecule has 1 unspecified atom stereocenters. The Morgan fingerprint density at radius 1 is 1.14 bits per heavy atom. The van der Waals surface area contributed by atoms with Gasteiger partial charge in [0.1, 0.15) is 11.1 Å². The normalized spacial score (nSPS) is 15.1. The number of benzene rings is 2. The summed E-state index contributed by atoms with van der Waals surface area (Å²) in [6, 6.07) is 15.8. The number of amides is 1. The Balaban J connectivity index is 1.52. The van der Waals surface area contributed by atoms with E-state index in [4.69, 9.17) is 4.74 Å². The zero-order valence-electron chi connectivity index (χ0n) is 15.5. The minimum Gasteiger partial charge on any atom is -0.378 e. The Morgan fingerprint density at radius 3 is 2.69 bits per heavy atom. The van der Waals surface area contributed by atoms with Gasteiger partial charge in [-0.2, -0.15) is 0 Å². The molecule has 1 aliphatic heterocycles. The maximum Gasteiger partial charge on any atom is 0.240 e. The summed E-state index contributed by atoms with van der Waals surface area (Å²) in [5.74, 6) is -0.284. The van der Waals surface area contributed by atoms with Gasteiger partial charge in [0.05, 0.1) is 13.2 Å². The molecule has 2 aromatic carbocycles. The van der Waals surface area contributed by atoms with E-state index in [1.807, 2.05) is 35.2 Å². The van der Waals surface area contributed by atoms with Gasteiger partial charge in [0.25, 0.3) is 0 Å². The number of rotatable bonds is 6. The van der Waals surface area contributed by atoms with E-state index in [2.05, 4.69) is 15.5 Å². The molecule has 0 radical (unpaired) electrons. The summed E-state index contributed by atoms with van der Waals surface area (Å²) >= 11 is 2.71. The fraction of sp³-hybridized carbons (Fsp3) is 0.250. The van der Waals surface area contributed by atoms with Gasteiger partial charge < -0.3 is 15.0 Å². The molecule has 3 aromatic rings. The topological polar surface area (TPSA) is 67.4 Å². The summed E-state index contributed by atoms with van der Waals surface area (Å²) in [6.45, 7) is 2.29. The number of anilines is 2. The minimum absolute atomic E-state index is 0.0411. The van der Waals surface area contributed by atoms with E-state index in [-0.39, 0.29) is 11.7 Å². The van der Waals surface area contributed by atoms with E-state index in [0.717, 1.165) is 5.56 Å². The lowest BCUT2D eigenvalue weighted by atomic mass is 10.1. The highest BCUT2D eigenvalue weighted by atomic mass is 32.2. The third kappa shape index (κ3) is 5.11. The maximum atomic E-state index is 13.4. The smallest absolute Gasteiger partial charge is 0.240 e. The van der Waals surface area contributed by atoms with Crippen LogP contribution in [0.3, 0.4) is 0 Å². The Kier molecular flexibility index (Phi) is 6.38. The van der Waals surface area contributed by atoms with Crippen molar-refractivity contribution >= 4 is 39.8 Å². The highest BCUT2D eigenvalue weighted by molar-refractivity contribution is 8.01. The monoisotopic (exact) mass is 430 g/mol. The largest absolute Gasteiger partial charge is 0.378 e. The first kappa shape index (κ1) is 19.8. The van der Waals surface area contributed by atoms with Crippen LogP contribution >= 0.6 is 23.1 Å². The van der Waals surface area contributed by atoms with E-state index in [9.17, 15) is 9.18 Å². The number of halogens is 1. The summed E-state index contributed by atoms with van der Waals surface area (Å²) in [6.07, 6.45) is 0. The third-order valence-electron chi connectivity index (χ3n) is 4.35. The molecule has 6 nitrogen and oxygen atoms in total. The Hall–Kier alpha value is -2.49. The van der Waals surface area contributed by atoms with Crippen LogP contribution in [0, 0.1) is 5.82 Å². The molecule has 1 aliphatic rings. The zero-order valence-corrected chi connectivity index (χ0v) is 17.1. The second kappa shape index (κ2) is 9.34. The molecule has 1 fully saturated rings. The Bertz CT molecular complexity index is 964. The van der Waals surface area contributed by atoms with E-state index >= 15 is 0 Å². The molecule has 150 valence electrons. The van der Waals surface area contributed by atoms with Crippen molar-refractivity contribution in [2.45, 2.75) is 9.59 Å². The predicted molar refractivity (Wildman–Crippen MR) is 112 cm³/mol. The molecule has 0 saturated carbocycles. The van der Waals surface area contributed by atoms with Crippen LogP contribution in [0.4, 0.5) is 15.2 Å². The number of carbonyl (C=O) groups excluding carboxylic acids is 1. The van der Waals surface area contributed by atoms with Crippen molar-refractivity contribution in [3.63, 3.8) is 0 Å². The van der Waals surface area contributed by atoms with Crippen LogP contribution in [0.15, 0.2) is 58.9 Å². The fourth-order valence-corrected chi connectivity index (χ4v) is 4.99. The summed E-state index contributed by atoms with van der Waals surface area (Å²) in [7, 11) is 0. The Morgan fingerprint density at radius 2 is 1.93 bits per heavy atom. The summed E-state index contributed by atoms with van der Waals surface area (Å²) in [5, 5.41) is 11.5. The number of hydrogen-bond acceptors (Lipinski definition) is 7. The van der Waals surface area contributed by atoms with Gasteiger partial charge in [-0.25, -0.2) is 4.39 Å². The highest BCUT2D eigenvalue weighted by Crippen LogP contribution is 2.39. The molecule has 1 N–H and O–H groups in total. The number of morpholine rings is 1. The molecule has 0 spiro atoms. The first-order valence-corrected chi connectivity index (χ1v) is 10.8. The van der Waals surface area contributed by atoms with Gasteiger partial charge in [-0.15, -0.1) is 10.2 Å². The van der Waals surface area contributed by atoms with Crippen LogP contribution in [-0.2, 0) is 9.53 Å². The van der Waals surface area contributed by atoms with Crippen LogP contribution in [0.25, 0.3) is 0 Å². The van der Waals surface area contributed by atoms with E-state index in [0.29, 0.717) is 41.5 Å². The minimum atomic E-state index is -0.413. The van der Waals surface area contributed by atoms with Gasteiger partial charge in [0.2, 0.25) is 11.0 Å². The van der Waals surface area contributed by atoms with E-state index < -0.39 is 5.25 Å². The van der Waals surface area contributed by atoms with Crippen LogP contribution in [0.5, 0.6) is 0 Å². The van der Waals surface area contributed by atoms with Crippen molar-refractivity contribution in [2.75, 3.05) is 31.6 Å². The van der Waals surface area contributed by atoms with Gasteiger partial charge in [0.15, 0.2) is 4.34 Å². The summed E-state index contributed by atoms with van der Waals surface area (Å²) < 4.78 is 19.4. The van der Waals surface area contributed by atoms with Gasteiger partial charge in [-0.1, -0.05) is 59.5 Å². The third-order valence-corrected chi connectivity index (χ3v) is 6.52. The summed E-state index contributed by atoms with van der Waals surface area (Å²) in [5.41, 5.74) is 1.52. The van der Waals surface area contributed by atoms with Crippen LogP contribution < -0.4 is 5.32 Å². The quantitative estimate of drug-likeness (QED) is 0.594. The SMILES string of the molecule is O=C(C(Sc1nnc(Nc2cccc(F)c2)s1)c1ccccc1)N1CCOCC1. The number of aromatic nitrogens is 2. The van der Waals surface area contributed by atoms with Crippen LogP contribution in [0.1, 0.15) is 10.8 Å². The molecule has 29 heavy (non-hydrogen) atoms. The average Bonchev–Trinajstić information content (AvgIpc) is 3.20. The lowest BCUT2D eigenvalue weighted by Gasteiger charge is -2.30. The molecule has 1 aromatic heterocycles. The van der Waals surface area contributed by atoms with Crippen molar-refractivity contribution in [2.24, 2.45) is 0 Å². The molecule has 1 amide bonds. The van der Waals surface area contributed by atoms with Gasteiger partial charge >= 0.3 is 0 Å². The van der Waals surface area contributed by atoms with E-state index in [1.54, 1.807) is 12.1 Å². The number of nitrogens with zero attached hydrogens (tertiary/aromatic N) is 3. The van der Waals surface area contributed by atoms with E-state index in [1.165, 1.54) is 35.2 Å². The standard InChI is InChI=1S/C20H19FN4O2S2/c21-15-7-4-8-16(13-15)22-19-23-24-20(29-19)28-17(14-5-2-1-3-6-14)18(26)25-9-11-27-12-10-25/h1-8,13,17H,9-12H2,(H,22,23). The number of hydrogen-bond donors (Lipinski definition) is 1. The van der Waals surface area contributed by atoms with Crippen molar-refractivity contribution in [3.05, 3.63) is 66.0 Å².